The third kappa shape index (κ3) is 3.79. The minimum Gasteiger partial charge on any atom is -0.367 e. The number of aromatic nitrogens is 2. The van der Waals surface area contributed by atoms with Gasteiger partial charge in [-0.25, -0.2) is 8.42 Å². The van der Waals surface area contributed by atoms with Crippen LogP contribution in [0, 0.1) is 0 Å². The lowest BCUT2D eigenvalue weighted by atomic mass is 10.1. The monoisotopic (exact) mass is 357 g/mol. The molecule has 1 atom stereocenters. The van der Waals surface area contributed by atoms with Crippen LogP contribution in [0.4, 0.5) is 0 Å². The van der Waals surface area contributed by atoms with E-state index in [1.165, 1.54) is 15.6 Å². The largest absolute Gasteiger partial charge is 0.367 e. The van der Waals surface area contributed by atoms with Gasteiger partial charge >= 0.3 is 0 Å². The van der Waals surface area contributed by atoms with E-state index in [2.05, 4.69) is 10.1 Å². The Morgan fingerprint density at radius 1 is 1.52 bits per heavy atom. The fraction of sp³-hybridized carbons (Fsp3) is 0.571. The van der Waals surface area contributed by atoms with Crippen molar-refractivity contribution in [2.45, 2.75) is 43.1 Å². The highest BCUT2D eigenvalue weighted by Gasteiger charge is 2.31. The van der Waals surface area contributed by atoms with Crippen molar-refractivity contribution in [2.24, 2.45) is 0 Å². The van der Waals surface area contributed by atoms with E-state index >= 15 is 0 Å². The smallest absolute Gasteiger partial charge is 0.252 e. The lowest BCUT2D eigenvalue weighted by Crippen LogP contribution is -2.42. The number of piperidine rings is 1. The van der Waals surface area contributed by atoms with Crippen molar-refractivity contribution in [1.29, 1.82) is 0 Å². The maximum absolute atomic E-state index is 12.6. The van der Waals surface area contributed by atoms with Crippen molar-refractivity contribution in [3.05, 3.63) is 29.2 Å². The molecule has 2 aromatic rings. The second-order valence-corrected chi connectivity index (χ2v) is 8.44. The Kier molecular flexibility index (Phi) is 5.10. The Hall–Kier alpha value is -1.29. The lowest BCUT2D eigenvalue weighted by Gasteiger charge is -2.31. The molecule has 1 unspecified atom stereocenters. The number of hydrogen-bond acceptors (Lipinski definition) is 7. The third-order valence-corrected chi connectivity index (χ3v) is 6.94. The van der Waals surface area contributed by atoms with E-state index in [0.717, 1.165) is 12.8 Å². The second-order valence-electron chi connectivity index (χ2n) is 5.33. The predicted octanol–water partition coefficient (Wildman–Crippen LogP) is 2.06. The molecule has 1 saturated heterocycles. The number of hydrogen-bond donors (Lipinski definition) is 0. The molecule has 0 aliphatic carbocycles. The van der Waals surface area contributed by atoms with Crippen LogP contribution in [0.1, 0.15) is 31.5 Å². The highest BCUT2D eigenvalue weighted by molar-refractivity contribution is 7.91. The Morgan fingerprint density at radius 3 is 3.09 bits per heavy atom. The molecule has 23 heavy (non-hydrogen) atoms. The minimum atomic E-state index is -3.41. The van der Waals surface area contributed by atoms with Gasteiger partial charge in [0.15, 0.2) is 5.82 Å². The van der Waals surface area contributed by atoms with Crippen molar-refractivity contribution in [3.63, 3.8) is 0 Å². The number of nitrogens with zero attached hydrogens (tertiary/aromatic N) is 3. The molecule has 2 aromatic heterocycles. The first-order valence-electron chi connectivity index (χ1n) is 7.56. The van der Waals surface area contributed by atoms with Crippen LogP contribution in [-0.4, -0.2) is 42.1 Å². The Labute approximate surface area is 139 Å². The first kappa shape index (κ1) is 16.6. The third-order valence-electron chi connectivity index (χ3n) is 3.70. The highest BCUT2D eigenvalue weighted by Crippen LogP contribution is 2.25. The van der Waals surface area contributed by atoms with Gasteiger partial charge in [-0.15, -0.1) is 11.3 Å². The van der Waals surface area contributed by atoms with E-state index in [4.69, 9.17) is 9.26 Å². The first-order valence-corrected chi connectivity index (χ1v) is 9.88. The summed E-state index contributed by atoms with van der Waals surface area (Å²) in [5.74, 6) is 1.08. The van der Waals surface area contributed by atoms with E-state index < -0.39 is 10.0 Å². The van der Waals surface area contributed by atoms with Crippen LogP contribution in [0.5, 0.6) is 0 Å². The molecule has 7 nitrogen and oxygen atoms in total. The van der Waals surface area contributed by atoms with Gasteiger partial charge in [-0.05, 0) is 24.3 Å². The summed E-state index contributed by atoms with van der Waals surface area (Å²) in [5, 5.41) is 5.58. The molecule has 3 heterocycles. The van der Waals surface area contributed by atoms with Crippen LogP contribution in [0.25, 0.3) is 0 Å². The maximum atomic E-state index is 12.6. The lowest BCUT2D eigenvalue weighted by molar-refractivity contribution is -0.00293. The molecule has 1 fully saturated rings. The van der Waals surface area contributed by atoms with Crippen molar-refractivity contribution < 1.29 is 17.7 Å². The van der Waals surface area contributed by atoms with E-state index in [1.807, 2.05) is 6.92 Å². The minimum absolute atomic E-state index is 0.157. The average Bonchev–Trinajstić information content (AvgIpc) is 3.25. The van der Waals surface area contributed by atoms with Gasteiger partial charge in [0.2, 0.25) is 0 Å². The summed E-state index contributed by atoms with van der Waals surface area (Å²) < 4.78 is 37.8. The number of sulfonamides is 1. The zero-order valence-electron chi connectivity index (χ0n) is 12.8. The number of ether oxygens (including phenoxy) is 1. The molecular formula is C14H19N3O4S2. The molecule has 0 saturated carbocycles. The molecule has 0 aromatic carbocycles. The van der Waals surface area contributed by atoms with Gasteiger partial charge in [0.1, 0.15) is 10.8 Å². The fourth-order valence-electron chi connectivity index (χ4n) is 2.48. The van der Waals surface area contributed by atoms with E-state index in [0.29, 0.717) is 35.4 Å². The Balaban J connectivity index is 1.60. The highest BCUT2D eigenvalue weighted by atomic mass is 32.2. The van der Waals surface area contributed by atoms with Gasteiger partial charge in [0, 0.05) is 19.5 Å². The summed E-state index contributed by atoms with van der Waals surface area (Å²) >= 11 is 1.24. The zero-order valence-corrected chi connectivity index (χ0v) is 14.5. The van der Waals surface area contributed by atoms with Gasteiger partial charge in [0.05, 0.1) is 6.10 Å². The van der Waals surface area contributed by atoms with Gasteiger partial charge < -0.3 is 9.26 Å². The quantitative estimate of drug-likeness (QED) is 0.787. The van der Waals surface area contributed by atoms with Crippen LogP contribution in [0.2, 0.25) is 0 Å². The molecule has 0 bridgehead atoms. The molecule has 1 aliphatic rings. The maximum Gasteiger partial charge on any atom is 0.252 e. The second kappa shape index (κ2) is 7.08. The molecule has 0 spiro atoms. The van der Waals surface area contributed by atoms with Crippen molar-refractivity contribution in [1.82, 2.24) is 14.4 Å². The number of aryl methyl sites for hydroxylation is 1. The molecular weight excluding hydrogens is 338 g/mol. The summed E-state index contributed by atoms with van der Waals surface area (Å²) in [5.41, 5.74) is 0. The van der Waals surface area contributed by atoms with Crippen molar-refractivity contribution in [2.75, 3.05) is 13.1 Å². The Morgan fingerprint density at radius 2 is 2.39 bits per heavy atom. The van der Waals surface area contributed by atoms with Gasteiger partial charge in [-0.2, -0.15) is 9.29 Å². The summed E-state index contributed by atoms with van der Waals surface area (Å²) in [6.45, 7) is 3.05. The van der Waals surface area contributed by atoms with Gasteiger partial charge in [-0.3, -0.25) is 0 Å². The average molecular weight is 357 g/mol. The molecule has 3 rings (SSSR count). The molecule has 126 valence electrons. The Bertz CT molecular complexity index is 727. The van der Waals surface area contributed by atoms with Crippen LogP contribution in [0.3, 0.4) is 0 Å². The summed E-state index contributed by atoms with van der Waals surface area (Å²) in [6.07, 6.45) is 2.15. The predicted molar refractivity (Wildman–Crippen MR) is 84.6 cm³/mol. The van der Waals surface area contributed by atoms with Gasteiger partial charge in [-0.1, -0.05) is 18.1 Å². The number of rotatable bonds is 6. The summed E-state index contributed by atoms with van der Waals surface area (Å²) in [6, 6.07) is 3.38. The molecule has 9 heteroatoms. The van der Waals surface area contributed by atoms with E-state index in [9.17, 15) is 8.42 Å². The molecule has 1 aliphatic heterocycles. The molecule has 0 amide bonds. The molecule has 0 N–H and O–H groups in total. The van der Waals surface area contributed by atoms with Gasteiger partial charge in [0.25, 0.3) is 15.9 Å². The van der Waals surface area contributed by atoms with Crippen LogP contribution >= 0.6 is 11.3 Å². The summed E-state index contributed by atoms with van der Waals surface area (Å²) in [7, 11) is -3.41. The summed E-state index contributed by atoms with van der Waals surface area (Å²) in [4.78, 5) is 4.19. The van der Waals surface area contributed by atoms with Crippen molar-refractivity contribution in [3.8, 4) is 0 Å². The molecule has 0 radical (unpaired) electrons. The zero-order chi connectivity index (χ0) is 16.3. The van der Waals surface area contributed by atoms with Crippen LogP contribution in [-0.2, 0) is 27.8 Å². The van der Waals surface area contributed by atoms with E-state index in [1.54, 1.807) is 17.5 Å². The normalized spacial score (nSPS) is 20.0. The topological polar surface area (TPSA) is 85.5 Å². The number of thiophene rings is 1. The fourth-order valence-corrected chi connectivity index (χ4v) is 5.13. The van der Waals surface area contributed by atoms with E-state index in [-0.39, 0.29) is 12.7 Å². The first-order chi connectivity index (χ1) is 11.1. The SMILES string of the molecule is CCc1noc(COC2CCCN(S(=O)(=O)c3cccs3)C2)n1. The van der Waals surface area contributed by atoms with Crippen molar-refractivity contribution >= 4 is 21.4 Å². The standard InChI is InChI=1S/C14H19N3O4S2/c1-2-12-15-13(21-16-12)10-20-11-5-3-7-17(9-11)23(18,19)14-6-4-8-22-14/h4,6,8,11H,2-3,5,7,9-10H2,1H3. The van der Waals surface area contributed by atoms with Crippen LogP contribution < -0.4 is 0 Å². The van der Waals surface area contributed by atoms with Crippen LogP contribution in [0.15, 0.2) is 26.2 Å².